The van der Waals surface area contributed by atoms with Gasteiger partial charge in [-0.05, 0) is 61.2 Å². The lowest BCUT2D eigenvalue weighted by atomic mass is 9.66. The number of nitrogens with zero attached hydrogens (tertiary/aromatic N) is 1. The van der Waals surface area contributed by atoms with E-state index < -0.39 is 11.4 Å². The van der Waals surface area contributed by atoms with Gasteiger partial charge in [-0.25, -0.2) is 4.98 Å². The van der Waals surface area contributed by atoms with Gasteiger partial charge in [0.1, 0.15) is 11.2 Å². The van der Waals surface area contributed by atoms with Crippen LogP contribution < -0.4 is 0 Å². The molecule has 0 spiro atoms. The molecule has 0 N–H and O–H groups in total. The Morgan fingerprint density at radius 2 is 1.54 bits per heavy atom. The van der Waals surface area contributed by atoms with Crippen LogP contribution >= 0.6 is 15.9 Å². The number of Topliss-reactive ketones (excluding diaryl/α,β-unsaturated/α-hetero) is 1. The highest BCUT2D eigenvalue weighted by atomic mass is 79.9. The molecule has 1 heterocycles. The summed E-state index contributed by atoms with van der Waals surface area (Å²) in [6, 6.07) is 16.8. The van der Waals surface area contributed by atoms with Crippen molar-refractivity contribution in [2.45, 2.75) is 26.2 Å². The number of carbonyl (C=O) groups is 1. The standard InChI is InChI=1S/C22H19BrFNO/c1-14-4-6-17(7-5-14)22(16(3)26,18-8-10-19(23)11-9-18)20-12-21(24)25-13-15(20)2/h4-13H,1-3H3. The van der Waals surface area contributed by atoms with E-state index in [4.69, 9.17) is 0 Å². The summed E-state index contributed by atoms with van der Waals surface area (Å²) in [5.41, 5.74) is 2.99. The monoisotopic (exact) mass is 411 g/mol. The van der Waals surface area contributed by atoms with Crippen molar-refractivity contribution in [3.63, 3.8) is 0 Å². The van der Waals surface area contributed by atoms with Crippen LogP contribution in [0.4, 0.5) is 4.39 Å². The topological polar surface area (TPSA) is 30.0 Å². The van der Waals surface area contributed by atoms with Crippen LogP contribution in [0.15, 0.2) is 65.3 Å². The van der Waals surface area contributed by atoms with Crippen molar-refractivity contribution in [1.82, 2.24) is 4.98 Å². The average Bonchev–Trinajstić information content (AvgIpc) is 2.61. The predicted octanol–water partition coefficient (Wildman–Crippen LogP) is 5.52. The molecule has 3 rings (SSSR count). The second-order valence-corrected chi connectivity index (χ2v) is 7.42. The number of aromatic nitrogens is 1. The highest BCUT2D eigenvalue weighted by molar-refractivity contribution is 9.10. The van der Waals surface area contributed by atoms with Crippen LogP contribution in [-0.2, 0) is 10.2 Å². The average molecular weight is 412 g/mol. The third-order valence-corrected chi connectivity index (χ3v) is 5.29. The molecule has 4 heteroatoms. The lowest BCUT2D eigenvalue weighted by Gasteiger charge is -2.34. The minimum absolute atomic E-state index is 0.0719. The third-order valence-electron chi connectivity index (χ3n) is 4.76. The number of aryl methyl sites for hydroxylation is 2. The zero-order valence-corrected chi connectivity index (χ0v) is 16.5. The number of hydrogen-bond acceptors (Lipinski definition) is 2. The molecule has 1 atom stereocenters. The molecular weight excluding hydrogens is 393 g/mol. The molecule has 0 saturated carbocycles. The van der Waals surface area contributed by atoms with E-state index in [-0.39, 0.29) is 5.78 Å². The zero-order valence-electron chi connectivity index (χ0n) is 14.9. The first kappa shape index (κ1) is 18.5. The highest BCUT2D eigenvalue weighted by Crippen LogP contribution is 2.42. The van der Waals surface area contributed by atoms with Gasteiger partial charge in [0.2, 0.25) is 5.95 Å². The number of halogens is 2. The molecule has 1 aromatic heterocycles. The molecule has 0 aliphatic heterocycles. The van der Waals surface area contributed by atoms with Gasteiger partial charge in [0, 0.05) is 10.7 Å². The van der Waals surface area contributed by atoms with Crippen LogP contribution in [0.5, 0.6) is 0 Å². The van der Waals surface area contributed by atoms with E-state index in [1.807, 2.05) is 62.4 Å². The Balaban J connectivity index is 2.43. The van der Waals surface area contributed by atoms with Crippen molar-refractivity contribution in [3.05, 3.63) is 99.0 Å². The Kier molecular flexibility index (Phi) is 5.05. The van der Waals surface area contributed by atoms with Crippen molar-refractivity contribution < 1.29 is 9.18 Å². The predicted molar refractivity (Wildman–Crippen MR) is 105 cm³/mol. The Labute approximate surface area is 161 Å². The molecule has 26 heavy (non-hydrogen) atoms. The van der Waals surface area contributed by atoms with Crippen LogP contribution in [0.1, 0.15) is 34.7 Å². The Bertz CT molecular complexity index is 903. The van der Waals surface area contributed by atoms with Gasteiger partial charge < -0.3 is 0 Å². The first-order valence-electron chi connectivity index (χ1n) is 8.32. The molecular formula is C22H19BrFNO. The van der Waals surface area contributed by atoms with E-state index in [0.29, 0.717) is 5.56 Å². The van der Waals surface area contributed by atoms with E-state index in [9.17, 15) is 9.18 Å². The fourth-order valence-electron chi connectivity index (χ4n) is 3.48. The Morgan fingerprint density at radius 3 is 2.08 bits per heavy atom. The summed E-state index contributed by atoms with van der Waals surface area (Å²) < 4.78 is 15.0. The summed E-state index contributed by atoms with van der Waals surface area (Å²) in [6.45, 7) is 5.41. The molecule has 0 aliphatic carbocycles. The molecule has 2 aromatic carbocycles. The highest BCUT2D eigenvalue weighted by Gasteiger charge is 2.42. The molecule has 0 radical (unpaired) electrons. The number of carbonyl (C=O) groups excluding carboxylic acids is 1. The normalized spacial score (nSPS) is 13.3. The second kappa shape index (κ2) is 7.12. The van der Waals surface area contributed by atoms with E-state index in [2.05, 4.69) is 20.9 Å². The van der Waals surface area contributed by atoms with Crippen molar-refractivity contribution >= 4 is 21.7 Å². The molecule has 0 aliphatic rings. The number of hydrogen-bond donors (Lipinski definition) is 0. The van der Waals surface area contributed by atoms with Gasteiger partial charge in [-0.15, -0.1) is 0 Å². The van der Waals surface area contributed by atoms with Gasteiger partial charge in [-0.2, -0.15) is 4.39 Å². The number of benzene rings is 2. The third kappa shape index (κ3) is 3.10. The lowest BCUT2D eigenvalue weighted by Crippen LogP contribution is -2.38. The summed E-state index contributed by atoms with van der Waals surface area (Å²) in [6.07, 6.45) is 1.48. The molecule has 132 valence electrons. The zero-order chi connectivity index (χ0) is 18.9. The number of ketones is 1. The molecule has 0 bridgehead atoms. The van der Waals surface area contributed by atoms with Gasteiger partial charge in [-0.1, -0.05) is 57.9 Å². The van der Waals surface area contributed by atoms with Gasteiger partial charge >= 0.3 is 0 Å². The van der Waals surface area contributed by atoms with Gasteiger partial charge in [0.05, 0.1) is 0 Å². The summed E-state index contributed by atoms with van der Waals surface area (Å²) in [4.78, 5) is 16.9. The summed E-state index contributed by atoms with van der Waals surface area (Å²) in [7, 11) is 0. The lowest BCUT2D eigenvalue weighted by molar-refractivity contribution is -0.119. The summed E-state index contributed by atoms with van der Waals surface area (Å²) in [5.74, 6) is -0.669. The Morgan fingerprint density at radius 1 is 1.00 bits per heavy atom. The minimum atomic E-state index is -1.09. The van der Waals surface area contributed by atoms with Gasteiger partial charge in [0.25, 0.3) is 0 Å². The number of rotatable bonds is 4. The fourth-order valence-corrected chi connectivity index (χ4v) is 3.74. The van der Waals surface area contributed by atoms with E-state index in [1.54, 1.807) is 6.92 Å². The minimum Gasteiger partial charge on any atom is -0.298 e. The molecule has 0 saturated heterocycles. The first-order chi connectivity index (χ1) is 12.4. The quantitative estimate of drug-likeness (QED) is 0.528. The van der Waals surface area contributed by atoms with Crippen LogP contribution in [0.2, 0.25) is 0 Å². The molecule has 3 aromatic rings. The second-order valence-electron chi connectivity index (χ2n) is 6.50. The number of pyridine rings is 1. The SMILES string of the molecule is CC(=O)C(c1ccc(C)cc1)(c1ccc(Br)cc1)c1cc(F)ncc1C. The maximum atomic E-state index is 14.1. The molecule has 0 amide bonds. The maximum Gasteiger partial charge on any atom is 0.213 e. The molecule has 1 unspecified atom stereocenters. The van der Waals surface area contributed by atoms with Crippen molar-refractivity contribution in [3.8, 4) is 0 Å². The van der Waals surface area contributed by atoms with Crippen molar-refractivity contribution in [1.29, 1.82) is 0 Å². The van der Waals surface area contributed by atoms with Crippen molar-refractivity contribution in [2.24, 2.45) is 0 Å². The fraction of sp³-hybridized carbons (Fsp3) is 0.182. The smallest absolute Gasteiger partial charge is 0.213 e. The van der Waals surface area contributed by atoms with E-state index in [1.165, 1.54) is 12.3 Å². The van der Waals surface area contributed by atoms with Crippen LogP contribution in [0.25, 0.3) is 0 Å². The molecule has 2 nitrogen and oxygen atoms in total. The largest absolute Gasteiger partial charge is 0.298 e. The Hall–Kier alpha value is -2.33. The summed E-state index contributed by atoms with van der Waals surface area (Å²) >= 11 is 3.44. The van der Waals surface area contributed by atoms with Crippen LogP contribution in [-0.4, -0.2) is 10.8 Å². The van der Waals surface area contributed by atoms with Crippen molar-refractivity contribution in [2.75, 3.05) is 0 Å². The first-order valence-corrected chi connectivity index (χ1v) is 9.12. The summed E-state index contributed by atoms with van der Waals surface area (Å²) in [5, 5.41) is 0. The van der Waals surface area contributed by atoms with Crippen LogP contribution in [0, 0.1) is 19.8 Å². The molecule has 0 fully saturated rings. The van der Waals surface area contributed by atoms with E-state index >= 15 is 0 Å². The van der Waals surface area contributed by atoms with E-state index in [0.717, 1.165) is 26.7 Å². The van der Waals surface area contributed by atoms with Gasteiger partial charge in [-0.3, -0.25) is 4.79 Å². The van der Waals surface area contributed by atoms with Gasteiger partial charge in [0.15, 0.2) is 0 Å². The maximum absolute atomic E-state index is 14.1. The van der Waals surface area contributed by atoms with Crippen LogP contribution in [0.3, 0.4) is 0 Å².